The molecular weight excluding hydrogens is 196 g/mol. The third-order valence-corrected chi connectivity index (χ3v) is 3.11. The Bertz CT molecular complexity index is 487. The van der Waals surface area contributed by atoms with Crippen LogP contribution in [-0.2, 0) is 7.05 Å². The number of rotatable bonds is 3. The zero-order chi connectivity index (χ0) is 11.5. The maximum Gasteiger partial charge on any atom is 0.214 e. The molecule has 84 valence electrons. The zero-order valence-electron chi connectivity index (χ0n) is 10.3. The smallest absolute Gasteiger partial charge is 0.214 e. The fourth-order valence-corrected chi connectivity index (χ4v) is 2.12. The van der Waals surface area contributed by atoms with Crippen molar-refractivity contribution in [1.82, 2.24) is 0 Å². The van der Waals surface area contributed by atoms with Crippen LogP contribution in [0.2, 0.25) is 0 Å². The van der Waals surface area contributed by atoms with Crippen LogP contribution in [0, 0.1) is 0 Å². The van der Waals surface area contributed by atoms with Crippen LogP contribution in [-0.4, -0.2) is 13.1 Å². The van der Waals surface area contributed by atoms with Crippen LogP contribution in [0.3, 0.4) is 0 Å². The van der Waals surface area contributed by atoms with Crippen LogP contribution in [0.15, 0.2) is 36.5 Å². The molecular formula is C14H19N2+. The molecule has 16 heavy (non-hydrogen) atoms. The van der Waals surface area contributed by atoms with E-state index in [4.69, 9.17) is 0 Å². The maximum absolute atomic E-state index is 2.37. The maximum atomic E-state index is 2.37. The van der Waals surface area contributed by atoms with Gasteiger partial charge in [-0.1, -0.05) is 0 Å². The van der Waals surface area contributed by atoms with E-state index in [0.717, 1.165) is 13.1 Å². The van der Waals surface area contributed by atoms with Gasteiger partial charge in [-0.05, 0) is 32.0 Å². The van der Waals surface area contributed by atoms with Crippen molar-refractivity contribution in [3.63, 3.8) is 0 Å². The second-order valence-electron chi connectivity index (χ2n) is 4.03. The first-order valence-corrected chi connectivity index (χ1v) is 5.89. The Morgan fingerprint density at radius 2 is 1.88 bits per heavy atom. The Kier molecular flexibility index (Phi) is 3.09. The highest BCUT2D eigenvalue weighted by Gasteiger charge is 2.07. The molecule has 0 saturated carbocycles. The summed E-state index contributed by atoms with van der Waals surface area (Å²) in [5.41, 5.74) is 2.59. The van der Waals surface area contributed by atoms with Gasteiger partial charge in [-0.25, -0.2) is 4.57 Å². The van der Waals surface area contributed by atoms with Gasteiger partial charge in [0.1, 0.15) is 7.05 Å². The van der Waals surface area contributed by atoms with Crippen LogP contribution in [0.25, 0.3) is 10.9 Å². The van der Waals surface area contributed by atoms with Crippen molar-refractivity contribution >= 4 is 16.6 Å². The van der Waals surface area contributed by atoms with Crippen LogP contribution in [0.5, 0.6) is 0 Å². The fraction of sp³-hybridized carbons (Fsp3) is 0.357. The van der Waals surface area contributed by atoms with Crippen LogP contribution in [0.4, 0.5) is 5.69 Å². The Balaban J connectivity index is 2.54. The molecule has 0 radical (unpaired) electrons. The Morgan fingerprint density at radius 3 is 2.56 bits per heavy atom. The molecule has 0 fully saturated rings. The highest BCUT2D eigenvalue weighted by atomic mass is 15.1. The molecule has 1 aromatic carbocycles. The molecule has 2 nitrogen and oxygen atoms in total. The molecule has 0 bridgehead atoms. The third-order valence-electron chi connectivity index (χ3n) is 3.11. The Hall–Kier alpha value is -1.57. The first kappa shape index (κ1) is 10.9. The predicted octanol–water partition coefficient (Wildman–Crippen LogP) is 2.51. The van der Waals surface area contributed by atoms with Gasteiger partial charge in [-0.15, -0.1) is 0 Å². The van der Waals surface area contributed by atoms with Crippen molar-refractivity contribution in [1.29, 1.82) is 0 Å². The van der Waals surface area contributed by atoms with Crippen LogP contribution >= 0.6 is 0 Å². The van der Waals surface area contributed by atoms with Crippen LogP contribution in [0.1, 0.15) is 13.8 Å². The van der Waals surface area contributed by atoms with Crippen molar-refractivity contribution < 1.29 is 4.57 Å². The first-order chi connectivity index (χ1) is 7.76. The quantitative estimate of drug-likeness (QED) is 0.714. The minimum Gasteiger partial charge on any atom is -0.372 e. The number of nitrogens with zero attached hydrogens (tertiary/aromatic N) is 2. The lowest BCUT2D eigenvalue weighted by Gasteiger charge is -2.20. The lowest BCUT2D eigenvalue weighted by molar-refractivity contribution is -0.644. The van der Waals surface area contributed by atoms with Crippen molar-refractivity contribution in [2.45, 2.75) is 13.8 Å². The second-order valence-corrected chi connectivity index (χ2v) is 4.03. The summed E-state index contributed by atoms with van der Waals surface area (Å²) in [5, 5.41) is 1.29. The number of aromatic nitrogens is 1. The number of aryl methyl sites for hydroxylation is 1. The van der Waals surface area contributed by atoms with Gasteiger partial charge in [0.05, 0.1) is 0 Å². The molecule has 0 unspecified atom stereocenters. The number of hydrogen-bond acceptors (Lipinski definition) is 1. The van der Waals surface area contributed by atoms with Gasteiger partial charge in [0.2, 0.25) is 5.52 Å². The number of fused-ring (bicyclic) bond motifs is 1. The van der Waals surface area contributed by atoms with Gasteiger partial charge in [-0.2, -0.15) is 0 Å². The van der Waals surface area contributed by atoms with Gasteiger partial charge < -0.3 is 4.90 Å². The highest BCUT2D eigenvalue weighted by molar-refractivity contribution is 5.79. The fourth-order valence-electron chi connectivity index (χ4n) is 2.12. The molecule has 0 N–H and O–H groups in total. The van der Waals surface area contributed by atoms with Gasteiger partial charge in [0.15, 0.2) is 6.20 Å². The zero-order valence-corrected chi connectivity index (χ0v) is 10.3. The normalized spacial score (nSPS) is 10.7. The van der Waals surface area contributed by atoms with Gasteiger partial charge in [0, 0.05) is 36.3 Å². The lowest BCUT2D eigenvalue weighted by atomic mass is 10.2. The van der Waals surface area contributed by atoms with E-state index in [1.807, 2.05) is 0 Å². The molecule has 0 aliphatic heterocycles. The van der Waals surface area contributed by atoms with E-state index in [1.165, 1.54) is 16.6 Å². The largest absolute Gasteiger partial charge is 0.372 e. The highest BCUT2D eigenvalue weighted by Crippen LogP contribution is 2.19. The molecule has 0 atom stereocenters. The molecule has 0 amide bonds. The molecule has 2 rings (SSSR count). The second kappa shape index (κ2) is 4.52. The van der Waals surface area contributed by atoms with Crippen molar-refractivity contribution in [3.05, 3.63) is 36.5 Å². The topological polar surface area (TPSA) is 7.12 Å². The minimum atomic E-state index is 1.05. The number of pyridine rings is 1. The summed E-state index contributed by atoms with van der Waals surface area (Å²) in [6.07, 6.45) is 2.09. The van der Waals surface area contributed by atoms with E-state index in [-0.39, 0.29) is 0 Å². The van der Waals surface area contributed by atoms with Crippen LogP contribution < -0.4 is 9.47 Å². The van der Waals surface area contributed by atoms with Crippen molar-refractivity contribution in [2.75, 3.05) is 18.0 Å². The van der Waals surface area contributed by atoms with Gasteiger partial charge >= 0.3 is 0 Å². The Labute approximate surface area is 97.1 Å². The summed E-state index contributed by atoms with van der Waals surface area (Å²) >= 11 is 0. The number of benzene rings is 1. The SMILES string of the molecule is CCN(CC)c1ccc2ccc[n+](C)c2c1. The van der Waals surface area contributed by atoms with Crippen molar-refractivity contribution in [2.24, 2.45) is 7.05 Å². The summed E-state index contributed by atoms with van der Waals surface area (Å²) in [5.74, 6) is 0. The minimum absolute atomic E-state index is 1.05. The summed E-state index contributed by atoms with van der Waals surface area (Å²) in [7, 11) is 2.09. The molecule has 0 spiro atoms. The summed E-state index contributed by atoms with van der Waals surface area (Å²) in [4.78, 5) is 2.37. The third kappa shape index (κ3) is 1.87. The lowest BCUT2D eigenvalue weighted by Crippen LogP contribution is -2.28. The van der Waals surface area contributed by atoms with E-state index >= 15 is 0 Å². The molecule has 2 aromatic rings. The number of anilines is 1. The summed E-state index contributed by atoms with van der Waals surface area (Å²) in [6, 6.07) is 10.9. The average molecular weight is 215 g/mol. The van der Waals surface area contributed by atoms with E-state index in [2.05, 4.69) is 66.9 Å². The van der Waals surface area contributed by atoms with E-state index in [9.17, 15) is 0 Å². The van der Waals surface area contributed by atoms with Crippen molar-refractivity contribution in [3.8, 4) is 0 Å². The van der Waals surface area contributed by atoms with E-state index in [0.29, 0.717) is 0 Å². The standard InChI is InChI=1S/C14H19N2/c1-4-16(5-2)13-9-8-12-7-6-10-15(3)14(12)11-13/h6-11H,4-5H2,1-3H3/q+1. The van der Waals surface area contributed by atoms with Gasteiger partial charge in [-0.3, -0.25) is 0 Å². The van der Waals surface area contributed by atoms with E-state index < -0.39 is 0 Å². The molecule has 0 saturated heterocycles. The molecule has 0 aliphatic rings. The first-order valence-electron chi connectivity index (χ1n) is 5.89. The Morgan fingerprint density at radius 1 is 1.12 bits per heavy atom. The molecule has 1 aromatic heterocycles. The average Bonchev–Trinajstić information content (AvgIpc) is 2.32. The predicted molar refractivity (Wildman–Crippen MR) is 68.7 cm³/mol. The van der Waals surface area contributed by atoms with E-state index in [1.54, 1.807) is 0 Å². The summed E-state index contributed by atoms with van der Waals surface area (Å²) < 4.78 is 2.17. The number of hydrogen-bond donors (Lipinski definition) is 0. The molecule has 2 heteroatoms. The monoisotopic (exact) mass is 215 g/mol. The molecule has 0 aliphatic carbocycles. The molecule has 1 heterocycles. The van der Waals surface area contributed by atoms with Gasteiger partial charge in [0.25, 0.3) is 0 Å². The summed E-state index contributed by atoms with van der Waals surface area (Å²) in [6.45, 7) is 6.49.